The molecule has 0 amide bonds. The normalized spacial score (nSPS) is 10.3. The van der Waals surface area contributed by atoms with Gasteiger partial charge in [0.2, 0.25) is 0 Å². The molecule has 1 aromatic rings. The number of nitrogens with one attached hydrogen (secondary N) is 1. The van der Waals surface area contributed by atoms with Crippen molar-refractivity contribution in [2.24, 2.45) is 0 Å². The molecule has 1 N–H and O–H groups in total. The number of hydrogen-bond donors (Lipinski definition) is 1. The van der Waals surface area contributed by atoms with Gasteiger partial charge in [0.15, 0.2) is 6.61 Å². The van der Waals surface area contributed by atoms with Gasteiger partial charge in [-0.2, -0.15) is 0 Å². The van der Waals surface area contributed by atoms with Crippen LogP contribution < -0.4 is 0 Å². The number of aromatic amines is 1. The number of carbonyl (C=O) groups is 3. The molecule has 0 bridgehead atoms. The fourth-order valence-corrected chi connectivity index (χ4v) is 2.03. The van der Waals surface area contributed by atoms with Crippen LogP contribution in [0.1, 0.15) is 58.8 Å². The molecule has 0 aliphatic rings. The number of unbranched alkanes of at least 4 members (excludes halogenated alkanes) is 1. The molecular formula is C16H23NO6. The number of H-pyrrole nitrogens is 1. The van der Waals surface area contributed by atoms with Gasteiger partial charge in [-0.3, -0.25) is 0 Å². The Kier molecular flexibility index (Phi) is 7.31. The van der Waals surface area contributed by atoms with Crippen LogP contribution in [0.4, 0.5) is 0 Å². The Labute approximate surface area is 135 Å². The third kappa shape index (κ3) is 5.12. The van der Waals surface area contributed by atoms with Gasteiger partial charge in [-0.1, -0.05) is 13.3 Å². The molecule has 0 atom stereocenters. The van der Waals surface area contributed by atoms with Crippen LogP contribution in [0.2, 0.25) is 0 Å². The molecule has 0 aromatic carbocycles. The van der Waals surface area contributed by atoms with E-state index in [2.05, 4.69) is 4.98 Å². The lowest BCUT2D eigenvalue weighted by atomic mass is 10.1. The lowest BCUT2D eigenvalue weighted by Crippen LogP contribution is -2.18. The smallest absolute Gasteiger partial charge is 0.355 e. The standard InChI is InChI=1S/C16H23NO6/c1-5-7-8-22-12(18)9-23-15(19)13-10(3)14(17-11(13)4)16(20)21-6-2/h17H,5-9H2,1-4H3. The van der Waals surface area contributed by atoms with Crippen molar-refractivity contribution in [3.8, 4) is 0 Å². The predicted molar refractivity (Wildman–Crippen MR) is 82.4 cm³/mol. The molecule has 1 rings (SSSR count). The fraction of sp³-hybridized carbons (Fsp3) is 0.562. The van der Waals surface area contributed by atoms with E-state index in [1.807, 2.05) is 6.92 Å². The van der Waals surface area contributed by atoms with Crippen LogP contribution in [0, 0.1) is 13.8 Å². The summed E-state index contributed by atoms with van der Waals surface area (Å²) in [6, 6.07) is 0. The number of esters is 3. The Balaban J connectivity index is 2.70. The van der Waals surface area contributed by atoms with Crippen molar-refractivity contribution in [3.05, 3.63) is 22.5 Å². The maximum Gasteiger partial charge on any atom is 0.355 e. The maximum atomic E-state index is 12.1. The summed E-state index contributed by atoms with van der Waals surface area (Å²) in [6.45, 7) is 7.02. The highest BCUT2D eigenvalue weighted by atomic mass is 16.6. The molecule has 0 radical (unpaired) electrons. The van der Waals surface area contributed by atoms with Crippen molar-refractivity contribution in [2.45, 2.75) is 40.5 Å². The zero-order chi connectivity index (χ0) is 17.4. The van der Waals surface area contributed by atoms with E-state index >= 15 is 0 Å². The first-order valence-electron chi connectivity index (χ1n) is 7.61. The van der Waals surface area contributed by atoms with Crippen molar-refractivity contribution in [2.75, 3.05) is 19.8 Å². The van der Waals surface area contributed by atoms with Crippen molar-refractivity contribution < 1.29 is 28.6 Å². The van der Waals surface area contributed by atoms with E-state index in [9.17, 15) is 14.4 Å². The number of ether oxygens (including phenoxy) is 3. The average molecular weight is 325 g/mol. The Morgan fingerprint density at radius 2 is 1.70 bits per heavy atom. The Morgan fingerprint density at radius 3 is 2.30 bits per heavy atom. The van der Waals surface area contributed by atoms with Gasteiger partial charge in [0.05, 0.1) is 18.8 Å². The van der Waals surface area contributed by atoms with Gasteiger partial charge in [0.25, 0.3) is 0 Å². The van der Waals surface area contributed by atoms with Gasteiger partial charge in [-0.25, -0.2) is 14.4 Å². The van der Waals surface area contributed by atoms with E-state index in [1.165, 1.54) is 0 Å². The van der Waals surface area contributed by atoms with Crippen LogP contribution in [-0.2, 0) is 19.0 Å². The largest absolute Gasteiger partial charge is 0.463 e. The lowest BCUT2D eigenvalue weighted by molar-refractivity contribution is -0.147. The molecule has 1 heterocycles. The molecular weight excluding hydrogens is 302 g/mol. The molecule has 7 heteroatoms. The van der Waals surface area contributed by atoms with Gasteiger partial charge < -0.3 is 19.2 Å². The highest BCUT2D eigenvalue weighted by molar-refractivity contribution is 5.99. The third-order valence-electron chi connectivity index (χ3n) is 3.20. The number of carbonyl (C=O) groups excluding carboxylic acids is 3. The first kappa shape index (κ1) is 18.7. The van der Waals surface area contributed by atoms with E-state index < -0.39 is 24.5 Å². The van der Waals surface area contributed by atoms with Crippen LogP contribution in [0.5, 0.6) is 0 Å². The first-order chi connectivity index (χ1) is 10.9. The monoisotopic (exact) mass is 325 g/mol. The second kappa shape index (κ2) is 8.97. The van der Waals surface area contributed by atoms with Gasteiger partial charge in [-0.15, -0.1) is 0 Å². The lowest BCUT2D eigenvalue weighted by Gasteiger charge is -2.06. The summed E-state index contributed by atoms with van der Waals surface area (Å²) in [4.78, 5) is 38.2. The highest BCUT2D eigenvalue weighted by Gasteiger charge is 2.24. The Morgan fingerprint density at radius 1 is 1.00 bits per heavy atom. The van der Waals surface area contributed by atoms with Gasteiger partial charge in [0, 0.05) is 5.69 Å². The average Bonchev–Trinajstić information content (AvgIpc) is 2.80. The summed E-state index contributed by atoms with van der Waals surface area (Å²) in [6.07, 6.45) is 1.67. The molecule has 0 saturated heterocycles. The molecule has 0 aliphatic heterocycles. The quantitative estimate of drug-likeness (QED) is 0.448. The zero-order valence-corrected chi connectivity index (χ0v) is 14.0. The van der Waals surface area contributed by atoms with Crippen molar-refractivity contribution in [1.82, 2.24) is 4.98 Å². The van der Waals surface area contributed by atoms with E-state index in [-0.39, 0.29) is 17.9 Å². The fourth-order valence-electron chi connectivity index (χ4n) is 2.03. The summed E-state index contributed by atoms with van der Waals surface area (Å²) in [7, 11) is 0. The molecule has 23 heavy (non-hydrogen) atoms. The molecule has 7 nitrogen and oxygen atoms in total. The van der Waals surface area contributed by atoms with Crippen LogP contribution in [-0.4, -0.2) is 42.7 Å². The highest BCUT2D eigenvalue weighted by Crippen LogP contribution is 2.19. The van der Waals surface area contributed by atoms with Crippen molar-refractivity contribution >= 4 is 17.9 Å². The SMILES string of the molecule is CCCCOC(=O)COC(=O)c1c(C)[nH]c(C(=O)OCC)c1C. The summed E-state index contributed by atoms with van der Waals surface area (Å²) >= 11 is 0. The van der Waals surface area contributed by atoms with Crippen LogP contribution in [0.25, 0.3) is 0 Å². The van der Waals surface area contributed by atoms with Crippen molar-refractivity contribution in [3.63, 3.8) is 0 Å². The minimum atomic E-state index is -0.681. The minimum absolute atomic E-state index is 0.210. The predicted octanol–water partition coefficient (Wildman–Crippen LogP) is 2.31. The molecule has 0 unspecified atom stereocenters. The Hall–Kier alpha value is -2.31. The number of hydrogen-bond acceptors (Lipinski definition) is 6. The summed E-state index contributed by atoms with van der Waals surface area (Å²) < 4.78 is 14.8. The van der Waals surface area contributed by atoms with E-state index in [4.69, 9.17) is 14.2 Å². The molecule has 1 aromatic heterocycles. The zero-order valence-electron chi connectivity index (χ0n) is 14.0. The van der Waals surface area contributed by atoms with Crippen LogP contribution in [0.3, 0.4) is 0 Å². The second-order valence-electron chi connectivity index (χ2n) is 5.00. The van der Waals surface area contributed by atoms with E-state index in [1.54, 1.807) is 20.8 Å². The molecule has 0 aliphatic carbocycles. The summed E-state index contributed by atoms with van der Waals surface area (Å²) in [5.74, 6) is -1.81. The number of rotatable bonds is 8. The maximum absolute atomic E-state index is 12.1. The van der Waals surface area contributed by atoms with Crippen LogP contribution in [0.15, 0.2) is 0 Å². The van der Waals surface area contributed by atoms with E-state index in [0.717, 1.165) is 12.8 Å². The Bertz CT molecular complexity index is 575. The molecule has 0 fully saturated rings. The third-order valence-corrected chi connectivity index (χ3v) is 3.20. The number of aryl methyl sites for hydroxylation is 1. The second-order valence-corrected chi connectivity index (χ2v) is 5.00. The summed E-state index contributed by atoms with van der Waals surface area (Å²) in [5.41, 5.74) is 1.36. The topological polar surface area (TPSA) is 94.7 Å². The molecule has 0 saturated carbocycles. The summed E-state index contributed by atoms with van der Waals surface area (Å²) in [5, 5.41) is 0. The first-order valence-corrected chi connectivity index (χ1v) is 7.61. The number of aromatic nitrogens is 1. The van der Waals surface area contributed by atoms with Gasteiger partial charge >= 0.3 is 17.9 Å². The van der Waals surface area contributed by atoms with Gasteiger partial charge in [-0.05, 0) is 32.8 Å². The molecule has 0 spiro atoms. The molecule has 128 valence electrons. The van der Waals surface area contributed by atoms with Crippen molar-refractivity contribution in [1.29, 1.82) is 0 Å². The minimum Gasteiger partial charge on any atom is -0.463 e. The van der Waals surface area contributed by atoms with Crippen LogP contribution >= 0.6 is 0 Å². The van der Waals surface area contributed by atoms with Gasteiger partial charge in [0.1, 0.15) is 5.69 Å². The van der Waals surface area contributed by atoms with E-state index in [0.29, 0.717) is 17.9 Å².